The Hall–Kier alpha value is -2.61. The zero-order chi connectivity index (χ0) is 37.5. The third kappa shape index (κ3) is 15.7. The minimum absolute atomic E-state index is 0.0688. The number of rotatable bonds is 22. The van der Waals surface area contributed by atoms with E-state index in [-0.39, 0.29) is 29.5 Å². The van der Waals surface area contributed by atoms with Gasteiger partial charge in [-0.2, -0.15) is 0 Å². The maximum absolute atomic E-state index is 12.1. The van der Waals surface area contributed by atoms with Crippen molar-refractivity contribution in [3.63, 3.8) is 0 Å². The number of carbonyl (C=O) groups is 1. The Kier molecular flexibility index (Phi) is 17.8. The number of hydrogen-bond acceptors (Lipinski definition) is 7. The molecular formula is C43H70O7. The molecule has 0 bridgehead atoms. The maximum Gasteiger partial charge on any atom is 0.314 e. The van der Waals surface area contributed by atoms with E-state index in [2.05, 4.69) is 98.7 Å². The van der Waals surface area contributed by atoms with Gasteiger partial charge in [-0.05, 0) is 87.0 Å². The van der Waals surface area contributed by atoms with Gasteiger partial charge < -0.3 is 29.5 Å². The molecule has 0 aromatic heterocycles. The van der Waals surface area contributed by atoms with Crippen molar-refractivity contribution < 1.29 is 34.3 Å². The second kappa shape index (κ2) is 20.4. The largest absolute Gasteiger partial charge is 0.486 e. The summed E-state index contributed by atoms with van der Waals surface area (Å²) in [6, 6.07) is 13.1. The molecule has 2 aromatic carbocycles. The zero-order valence-electron chi connectivity index (χ0n) is 33.1. The highest BCUT2D eigenvalue weighted by molar-refractivity contribution is 5.69. The Labute approximate surface area is 304 Å². The highest BCUT2D eigenvalue weighted by Gasteiger charge is 2.32. The molecular weight excluding hydrogens is 628 g/mol. The van der Waals surface area contributed by atoms with Gasteiger partial charge >= 0.3 is 11.9 Å². The topological polar surface area (TPSA) is 105 Å². The van der Waals surface area contributed by atoms with Gasteiger partial charge in [0.05, 0.1) is 0 Å². The molecule has 284 valence electrons. The molecule has 7 heteroatoms. The number of ether oxygens (including phenoxy) is 3. The Morgan fingerprint density at radius 3 is 1.44 bits per heavy atom. The van der Waals surface area contributed by atoms with E-state index in [0.717, 1.165) is 56.4 Å². The molecule has 0 fully saturated rings. The summed E-state index contributed by atoms with van der Waals surface area (Å²) in [4.78, 5) is 12.1. The molecule has 3 N–H and O–H groups in total. The zero-order valence-corrected chi connectivity index (χ0v) is 33.1. The van der Waals surface area contributed by atoms with Crippen molar-refractivity contribution in [2.75, 3.05) is 0 Å². The van der Waals surface area contributed by atoms with Crippen LogP contribution in [0.5, 0.6) is 11.5 Å². The molecule has 0 aliphatic carbocycles. The van der Waals surface area contributed by atoms with Crippen LogP contribution in [-0.4, -0.2) is 45.6 Å². The van der Waals surface area contributed by atoms with Crippen LogP contribution in [0.3, 0.4) is 0 Å². The van der Waals surface area contributed by atoms with Crippen LogP contribution >= 0.6 is 0 Å². The molecule has 3 unspecified atom stereocenters. The Morgan fingerprint density at radius 2 is 1.04 bits per heavy atom. The van der Waals surface area contributed by atoms with Gasteiger partial charge in [0, 0.05) is 6.42 Å². The van der Waals surface area contributed by atoms with E-state index in [9.17, 15) is 20.1 Å². The summed E-state index contributed by atoms with van der Waals surface area (Å²) in [6.07, 6.45) is 11.9. The summed E-state index contributed by atoms with van der Waals surface area (Å²) >= 11 is 0. The summed E-state index contributed by atoms with van der Waals surface area (Å²) in [7, 11) is 0. The van der Waals surface area contributed by atoms with Crippen LogP contribution in [0.1, 0.15) is 168 Å². The highest BCUT2D eigenvalue weighted by Crippen LogP contribution is 2.37. The van der Waals surface area contributed by atoms with Crippen LogP contribution in [0.15, 0.2) is 36.4 Å². The summed E-state index contributed by atoms with van der Waals surface area (Å²) in [6.45, 7) is 21.2. The summed E-state index contributed by atoms with van der Waals surface area (Å²) in [5, 5.41) is 27.6. The van der Waals surface area contributed by atoms with Crippen molar-refractivity contribution in [3.8, 4) is 11.5 Å². The summed E-state index contributed by atoms with van der Waals surface area (Å²) in [5.41, 5.74) is 4.71. The fraction of sp³-hybridized carbons (Fsp3) is 0.698. The van der Waals surface area contributed by atoms with Gasteiger partial charge in [-0.1, -0.05) is 135 Å². The quantitative estimate of drug-likeness (QED) is 0.0639. The van der Waals surface area contributed by atoms with Crippen LogP contribution < -0.4 is 9.47 Å². The monoisotopic (exact) mass is 699 g/mol. The van der Waals surface area contributed by atoms with Crippen LogP contribution in [0.2, 0.25) is 0 Å². The van der Waals surface area contributed by atoms with Crippen LogP contribution in [0.4, 0.5) is 0 Å². The van der Waals surface area contributed by atoms with E-state index < -0.39 is 18.0 Å². The number of aliphatic hydroxyl groups is 3. The van der Waals surface area contributed by atoms with E-state index in [0.29, 0.717) is 6.42 Å². The average Bonchev–Trinajstić information content (AvgIpc) is 3.01. The standard InChI is InChI=1S/C43H70O7/c1-11-12-13-14-16-19-22-38(49-36-27-25-31(2)29-34(36)41(5,6)7)39(50-37-28-26-32(3)30-35(37)42(8,9)10)23-20-17-15-18-21-24-40(44)48-33(4)43(45,46)47/h25-30,33,38-39,45-47H,11-24H2,1-10H3. The van der Waals surface area contributed by atoms with Crippen LogP contribution in [-0.2, 0) is 20.4 Å². The van der Waals surface area contributed by atoms with E-state index in [1.54, 1.807) is 0 Å². The first-order valence-electron chi connectivity index (χ1n) is 19.2. The molecule has 0 aliphatic rings. The molecule has 2 aromatic rings. The fourth-order valence-corrected chi connectivity index (χ4v) is 6.24. The van der Waals surface area contributed by atoms with E-state index in [4.69, 9.17) is 14.2 Å². The molecule has 0 aliphatic heterocycles. The third-order valence-electron chi connectivity index (χ3n) is 9.42. The molecule has 0 spiro atoms. The molecule has 0 saturated carbocycles. The van der Waals surface area contributed by atoms with Gasteiger partial charge in [0.2, 0.25) is 0 Å². The lowest BCUT2D eigenvalue weighted by atomic mass is 9.85. The SMILES string of the molecule is CCCCCCCCC(Oc1ccc(C)cc1C(C)(C)C)C(CCCCCCCC(=O)OC(C)C(O)(O)O)Oc1ccc(C)cc1C(C)(C)C. The Bertz CT molecular complexity index is 1280. The molecule has 0 heterocycles. The highest BCUT2D eigenvalue weighted by atomic mass is 16.7. The summed E-state index contributed by atoms with van der Waals surface area (Å²) < 4.78 is 19.1. The third-order valence-corrected chi connectivity index (χ3v) is 9.42. The van der Waals surface area contributed by atoms with Crippen molar-refractivity contribution in [1.82, 2.24) is 0 Å². The van der Waals surface area contributed by atoms with Crippen molar-refractivity contribution in [1.29, 1.82) is 0 Å². The molecule has 0 saturated heterocycles. The van der Waals surface area contributed by atoms with Crippen molar-refractivity contribution in [3.05, 3.63) is 58.7 Å². The first kappa shape index (κ1) is 43.6. The smallest absolute Gasteiger partial charge is 0.314 e. The maximum atomic E-state index is 12.1. The van der Waals surface area contributed by atoms with Crippen LogP contribution in [0, 0.1) is 13.8 Å². The van der Waals surface area contributed by atoms with Gasteiger partial charge in [-0.3, -0.25) is 4.79 Å². The molecule has 0 amide bonds. The fourth-order valence-electron chi connectivity index (χ4n) is 6.24. The summed E-state index contributed by atoms with van der Waals surface area (Å²) in [5.74, 6) is -1.73. The second-order valence-corrected chi connectivity index (χ2v) is 16.5. The van der Waals surface area contributed by atoms with E-state index in [1.807, 2.05) is 0 Å². The first-order valence-corrected chi connectivity index (χ1v) is 19.2. The number of benzene rings is 2. The second-order valence-electron chi connectivity index (χ2n) is 16.5. The van der Waals surface area contributed by atoms with Crippen molar-refractivity contribution in [2.24, 2.45) is 0 Å². The van der Waals surface area contributed by atoms with E-state index >= 15 is 0 Å². The normalized spacial score (nSPS) is 14.3. The number of carbonyl (C=O) groups excluding carboxylic acids is 1. The lowest BCUT2D eigenvalue weighted by Gasteiger charge is -2.33. The minimum Gasteiger partial charge on any atom is -0.486 e. The Balaban J connectivity index is 2.28. The first-order chi connectivity index (χ1) is 23.3. The molecule has 0 radical (unpaired) electrons. The number of unbranched alkanes of at least 4 members (excludes halogenated alkanes) is 9. The number of hydrogen-bond donors (Lipinski definition) is 3. The van der Waals surface area contributed by atoms with Gasteiger partial charge in [-0.25, -0.2) is 0 Å². The number of aryl methyl sites for hydroxylation is 2. The molecule has 3 atom stereocenters. The van der Waals surface area contributed by atoms with Gasteiger partial charge in [0.1, 0.15) is 23.7 Å². The van der Waals surface area contributed by atoms with Gasteiger partial charge in [-0.15, -0.1) is 0 Å². The lowest BCUT2D eigenvalue weighted by molar-refractivity contribution is -0.352. The molecule has 50 heavy (non-hydrogen) atoms. The van der Waals surface area contributed by atoms with Crippen molar-refractivity contribution in [2.45, 2.75) is 194 Å². The van der Waals surface area contributed by atoms with Gasteiger partial charge in [0.15, 0.2) is 6.10 Å². The van der Waals surface area contributed by atoms with Crippen molar-refractivity contribution >= 4 is 5.97 Å². The molecule has 7 nitrogen and oxygen atoms in total. The predicted octanol–water partition coefficient (Wildman–Crippen LogP) is 10.1. The van der Waals surface area contributed by atoms with E-state index in [1.165, 1.54) is 61.3 Å². The molecule has 2 rings (SSSR count). The average molecular weight is 699 g/mol. The lowest BCUT2D eigenvalue weighted by Crippen LogP contribution is -2.42. The Morgan fingerprint density at radius 1 is 0.640 bits per heavy atom. The van der Waals surface area contributed by atoms with Gasteiger partial charge in [0.25, 0.3) is 0 Å². The van der Waals surface area contributed by atoms with Crippen LogP contribution in [0.25, 0.3) is 0 Å². The number of esters is 1. The minimum atomic E-state index is -3.04. The predicted molar refractivity (Wildman–Crippen MR) is 204 cm³/mol.